The fourth-order valence-electron chi connectivity index (χ4n) is 1.03. The van der Waals surface area contributed by atoms with Gasteiger partial charge in [-0.1, -0.05) is 15.9 Å². The first kappa shape index (κ1) is 13.3. The van der Waals surface area contributed by atoms with E-state index in [0.717, 1.165) is 10.2 Å². The highest BCUT2D eigenvalue weighted by Crippen LogP contribution is 2.26. The van der Waals surface area contributed by atoms with Crippen molar-refractivity contribution in [1.82, 2.24) is 4.90 Å². The average Bonchev–Trinajstić information content (AvgIpc) is 2.16. The highest BCUT2D eigenvalue weighted by Gasteiger charge is 2.21. The minimum absolute atomic E-state index is 0.0144. The van der Waals surface area contributed by atoms with Crippen molar-refractivity contribution in [2.24, 2.45) is 0 Å². The lowest BCUT2D eigenvalue weighted by Gasteiger charge is -2.32. The van der Waals surface area contributed by atoms with Crippen molar-refractivity contribution in [3.05, 3.63) is 22.7 Å². The monoisotopic (exact) mass is 286 g/mol. The molecule has 0 atom stereocenters. The third-order valence-corrected chi connectivity index (χ3v) is 3.26. The molecule has 0 aliphatic heterocycles. The van der Waals surface area contributed by atoms with E-state index in [9.17, 15) is 0 Å². The average molecular weight is 287 g/mol. The van der Waals surface area contributed by atoms with Gasteiger partial charge in [0.25, 0.3) is 0 Å². The van der Waals surface area contributed by atoms with E-state index >= 15 is 0 Å². The maximum absolute atomic E-state index is 5.86. The fraction of sp³-hybridized carbons (Fsp3) is 0.500. The molecule has 1 rings (SSSR count). The van der Waals surface area contributed by atoms with Crippen molar-refractivity contribution in [2.45, 2.75) is 19.4 Å². The third kappa shape index (κ3) is 3.39. The molecule has 0 heterocycles. The van der Waals surface area contributed by atoms with E-state index in [0.29, 0.717) is 12.3 Å². The Morgan fingerprint density at radius 1 is 1.38 bits per heavy atom. The summed E-state index contributed by atoms with van der Waals surface area (Å²) in [4.78, 5) is 2.13. The van der Waals surface area contributed by atoms with Crippen LogP contribution in [0, 0.1) is 0 Å². The van der Waals surface area contributed by atoms with Gasteiger partial charge in [0.15, 0.2) is 0 Å². The summed E-state index contributed by atoms with van der Waals surface area (Å²) < 4.78 is 6.69. The number of likely N-dealkylation sites (N-methyl/N-ethyl adjacent to an activating group) is 1. The number of ether oxygens (including phenoxy) is 1. The number of benzene rings is 1. The molecule has 0 aromatic heterocycles. The minimum Gasteiger partial charge on any atom is -0.490 e. The molecule has 0 unspecified atom stereocenters. The van der Waals surface area contributed by atoms with Gasteiger partial charge in [0.1, 0.15) is 12.4 Å². The van der Waals surface area contributed by atoms with Gasteiger partial charge in [-0.15, -0.1) is 0 Å². The van der Waals surface area contributed by atoms with E-state index in [4.69, 9.17) is 10.5 Å². The second-order valence-electron chi connectivity index (χ2n) is 4.68. The van der Waals surface area contributed by atoms with Crippen LogP contribution in [0.1, 0.15) is 13.8 Å². The molecule has 0 spiro atoms. The van der Waals surface area contributed by atoms with Crippen molar-refractivity contribution in [3.63, 3.8) is 0 Å². The van der Waals surface area contributed by atoms with Gasteiger partial charge in [0.05, 0.1) is 5.69 Å². The fourth-order valence-corrected chi connectivity index (χ4v) is 1.41. The van der Waals surface area contributed by atoms with Crippen molar-refractivity contribution in [1.29, 1.82) is 0 Å². The summed E-state index contributed by atoms with van der Waals surface area (Å²) in [5.41, 5.74) is 6.50. The topological polar surface area (TPSA) is 38.5 Å². The van der Waals surface area contributed by atoms with E-state index in [1.807, 2.05) is 32.3 Å². The summed E-state index contributed by atoms with van der Waals surface area (Å²) in [6.07, 6.45) is 0. The van der Waals surface area contributed by atoms with Crippen LogP contribution in [0.25, 0.3) is 0 Å². The van der Waals surface area contributed by atoms with Crippen molar-refractivity contribution in [3.8, 4) is 5.75 Å². The Labute approximate surface area is 106 Å². The molecule has 0 aliphatic rings. The number of hydrogen-bond acceptors (Lipinski definition) is 3. The third-order valence-electron chi connectivity index (χ3n) is 2.76. The Bertz CT molecular complexity index is 364. The smallest absolute Gasteiger partial charge is 0.142 e. The molecule has 16 heavy (non-hydrogen) atoms. The quantitative estimate of drug-likeness (QED) is 0.865. The first-order chi connectivity index (χ1) is 7.33. The zero-order chi connectivity index (χ0) is 12.3. The van der Waals surface area contributed by atoms with E-state index < -0.39 is 0 Å². The summed E-state index contributed by atoms with van der Waals surface area (Å²) in [7, 11) is 4.07. The lowest BCUT2D eigenvalue weighted by atomic mass is 10.1. The predicted molar refractivity (Wildman–Crippen MR) is 71.8 cm³/mol. The first-order valence-corrected chi connectivity index (χ1v) is 5.97. The summed E-state index contributed by atoms with van der Waals surface area (Å²) in [5.74, 6) is 0.734. The van der Waals surface area contributed by atoms with Crippen LogP contribution in [-0.4, -0.2) is 31.1 Å². The molecule has 0 radical (unpaired) electrons. The number of anilines is 1. The van der Waals surface area contributed by atoms with Crippen LogP contribution in [0.3, 0.4) is 0 Å². The van der Waals surface area contributed by atoms with Crippen LogP contribution < -0.4 is 10.5 Å². The first-order valence-electron chi connectivity index (χ1n) is 5.18. The molecular weight excluding hydrogens is 268 g/mol. The van der Waals surface area contributed by atoms with E-state index in [1.165, 1.54) is 0 Å². The molecule has 1 aromatic carbocycles. The number of rotatable bonds is 4. The standard InChI is InChI=1S/C12H19BrN2O/c1-12(2,15(3)4)8-16-11-6-5-9(13)7-10(11)14/h5-7H,8,14H2,1-4H3. The van der Waals surface area contributed by atoms with Gasteiger partial charge in [0, 0.05) is 10.0 Å². The zero-order valence-corrected chi connectivity index (χ0v) is 11.8. The molecule has 3 nitrogen and oxygen atoms in total. The number of halogens is 1. The summed E-state index contributed by atoms with van der Waals surface area (Å²) >= 11 is 3.37. The Morgan fingerprint density at radius 3 is 2.50 bits per heavy atom. The lowest BCUT2D eigenvalue weighted by Crippen LogP contribution is -2.43. The summed E-state index contributed by atoms with van der Waals surface area (Å²) in [6.45, 7) is 4.86. The van der Waals surface area contributed by atoms with E-state index in [-0.39, 0.29) is 5.54 Å². The van der Waals surface area contributed by atoms with Crippen molar-refractivity contribution >= 4 is 21.6 Å². The molecule has 0 saturated heterocycles. The largest absolute Gasteiger partial charge is 0.490 e. The molecule has 0 saturated carbocycles. The highest BCUT2D eigenvalue weighted by atomic mass is 79.9. The Hall–Kier alpha value is -0.740. The maximum atomic E-state index is 5.86. The van der Waals surface area contributed by atoms with Gasteiger partial charge in [-0.25, -0.2) is 0 Å². The van der Waals surface area contributed by atoms with Crippen LogP contribution in [0.5, 0.6) is 5.75 Å². The molecule has 2 N–H and O–H groups in total. The predicted octanol–water partition coefficient (Wildman–Crippen LogP) is 2.75. The maximum Gasteiger partial charge on any atom is 0.142 e. The SMILES string of the molecule is CN(C)C(C)(C)COc1ccc(Br)cc1N. The van der Waals surface area contributed by atoms with Gasteiger partial charge in [-0.2, -0.15) is 0 Å². The molecule has 0 bridgehead atoms. The molecular formula is C12H19BrN2O. The normalized spacial score (nSPS) is 11.9. The van der Waals surface area contributed by atoms with Crippen LogP contribution in [-0.2, 0) is 0 Å². The lowest BCUT2D eigenvalue weighted by molar-refractivity contribution is 0.114. The number of hydrogen-bond donors (Lipinski definition) is 1. The molecule has 0 aliphatic carbocycles. The van der Waals surface area contributed by atoms with Gasteiger partial charge in [0.2, 0.25) is 0 Å². The molecule has 4 heteroatoms. The number of nitrogens with zero attached hydrogens (tertiary/aromatic N) is 1. The Morgan fingerprint density at radius 2 is 2.00 bits per heavy atom. The van der Waals surface area contributed by atoms with Crippen LogP contribution in [0.4, 0.5) is 5.69 Å². The second-order valence-corrected chi connectivity index (χ2v) is 5.59. The zero-order valence-electron chi connectivity index (χ0n) is 10.2. The molecule has 0 fully saturated rings. The van der Waals surface area contributed by atoms with Crippen molar-refractivity contribution in [2.75, 3.05) is 26.4 Å². The van der Waals surface area contributed by atoms with Gasteiger partial charge >= 0.3 is 0 Å². The Balaban J connectivity index is 2.68. The Kier molecular flexibility index (Phi) is 4.21. The molecule has 1 aromatic rings. The molecule has 90 valence electrons. The summed E-state index contributed by atoms with van der Waals surface area (Å²) in [5, 5.41) is 0. The van der Waals surface area contributed by atoms with E-state index in [2.05, 4.69) is 34.7 Å². The number of nitrogen functional groups attached to an aromatic ring is 1. The van der Waals surface area contributed by atoms with Gasteiger partial charge < -0.3 is 15.4 Å². The molecule has 0 amide bonds. The van der Waals surface area contributed by atoms with Crippen molar-refractivity contribution < 1.29 is 4.74 Å². The van der Waals surface area contributed by atoms with Gasteiger partial charge in [-0.05, 0) is 46.1 Å². The second kappa shape index (κ2) is 5.06. The van der Waals surface area contributed by atoms with E-state index in [1.54, 1.807) is 0 Å². The highest BCUT2D eigenvalue weighted by molar-refractivity contribution is 9.10. The van der Waals surface area contributed by atoms with Gasteiger partial charge in [-0.3, -0.25) is 0 Å². The van der Waals surface area contributed by atoms with Crippen LogP contribution in [0.15, 0.2) is 22.7 Å². The van der Waals surface area contributed by atoms with Crippen LogP contribution in [0.2, 0.25) is 0 Å². The summed E-state index contributed by atoms with van der Waals surface area (Å²) in [6, 6.07) is 5.65. The van der Waals surface area contributed by atoms with Crippen LogP contribution >= 0.6 is 15.9 Å². The minimum atomic E-state index is -0.0144. The number of nitrogens with two attached hydrogens (primary N) is 1.